The summed E-state index contributed by atoms with van der Waals surface area (Å²) in [7, 11) is 3.10. The van der Waals surface area contributed by atoms with Crippen molar-refractivity contribution in [1.82, 2.24) is 4.90 Å². The van der Waals surface area contributed by atoms with Crippen molar-refractivity contribution in [3.05, 3.63) is 58.9 Å². The number of halogens is 2. The third-order valence-electron chi connectivity index (χ3n) is 6.40. The molecule has 1 unspecified atom stereocenters. The highest BCUT2D eigenvalue weighted by Crippen LogP contribution is 2.42. The summed E-state index contributed by atoms with van der Waals surface area (Å²) in [5.74, 6) is 0.517. The van der Waals surface area contributed by atoms with Gasteiger partial charge in [0.25, 0.3) is 0 Å². The predicted octanol–water partition coefficient (Wildman–Crippen LogP) is 4.59. The van der Waals surface area contributed by atoms with E-state index >= 15 is 4.39 Å². The smallest absolute Gasteiger partial charge is 0.166 e. The molecule has 0 spiro atoms. The van der Waals surface area contributed by atoms with Gasteiger partial charge in [0.15, 0.2) is 17.3 Å². The predicted molar refractivity (Wildman–Crippen MR) is 110 cm³/mol. The van der Waals surface area contributed by atoms with Crippen molar-refractivity contribution in [3.63, 3.8) is 0 Å². The number of hydrogen-bond donors (Lipinski definition) is 0. The van der Waals surface area contributed by atoms with Crippen molar-refractivity contribution in [1.29, 1.82) is 0 Å². The molecular weight excluding hydrogens is 388 g/mol. The summed E-state index contributed by atoms with van der Waals surface area (Å²) < 4.78 is 39.3. The fourth-order valence-electron chi connectivity index (χ4n) is 4.67. The van der Waals surface area contributed by atoms with Crippen LogP contribution in [0.1, 0.15) is 40.7 Å². The monoisotopic (exact) mass is 415 g/mol. The van der Waals surface area contributed by atoms with Crippen molar-refractivity contribution in [3.8, 4) is 11.5 Å². The van der Waals surface area contributed by atoms with Crippen molar-refractivity contribution in [2.45, 2.75) is 37.9 Å². The molecule has 0 amide bonds. The van der Waals surface area contributed by atoms with Crippen LogP contribution in [0.3, 0.4) is 0 Å². The van der Waals surface area contributed by atoms with E-state index in [1.54, 1.807) is 25.3 Å². The van der Waals surface area contributed by atoms with Crippen LogP contribution in [0, 0.1) is 11.7 Å². The summed E-state index contributed by atoms with van der Waals surface area (Å²) in [4.78, 5) is 15.1. The molecule has 160 valence electrons. The van der Waals surface area contributed by atoms with Crippen LogP contribution in [-0.4, -0.2) is 43.7 Å². The molecule has 1 atom stereocenters. The number of carbonyl (C=O) groups excluding carboxylic acids is 1. The minimum Gasteiger partial charge on any atom is -0.493 e. The van der Waals surface area contributed by atoms with E-state index in [0.717, 1.165) is 11.1 Å². The molecule has 1 saturated heterocycles. The van der Waals surface area contributed by atoms with Gasteiger partial charge in [0, 0.05) is 31.1 Å². The molecule has 6 heteroatoms. The molecule has 2 aliphatic rings. The van der Waals surface area contributed by atoms with Crippen LogP contribution in [0.4, 0.5) is 8.78 Å². The number of alkyl halides is 1. The van der Waals surface area contributed by atoms with Crippen LogP contribution in [0.25, 0.3) is 0 Å². The second-order valence-electron chi connectivity index (χ2n) is 8.39. The number of carbonyl (C=O) groups is 1. The first kappa shape index (κ1) is 20.8. The Morgan fingerprint density at radius 3 is 2.33 bits per heavy atom. The zero-order valence-corrected chi connectivity index (χ0v) is 17.4. The van der Waals surface area contributed by atoms with Crippen LogP contribution in [0.2, 0.25) is 0 Å². The zero-order valence-electron chi connectivity index (χ0n) is 17.4. The number of nitrogens with zero attached hydrogens (tertiary/aromatic N) is 1. The van der Waals surface area contributed by atoms with Gasteiger partial charge >= 0.3 is 0 Å². The number of fused-ring (bicyclic) bond motifs is 1. The molecule has 1 heterocycles. The first-order valence-electron chi connectivity index (χ1n) is 10.4. The number of methoxy groups -OCH3 is 2. The van der Waals surface area contributed by atoms with Crippen LogP contribution >= 0.6 is 0 Å². The van der Waals surface area contributed by atoms with Gasteiger partial charge in [0.1, 0.15) is 11.5 Å². The molecule has 0 bridgehead atoms. The highest BCUT2D eigenvalue weighted by Gasteiger charge is 2.41. The quantitative estimate of drug-likeness (QED) is 0.692. The summed E-state index contributed by atoms with van der Waals surface area (Å²) in [5.41, 5.74) is 1.21. The van der Waals surface area contributed by atoms with E-state index in [4.69, 9.17) is 9.47 Å². The third kappa shape index (κ3) is 4.19. The van der Waals surface area contributed by atoms with Gasteiger partial charge in [-0.3, -0.25) is 9.69 Å². The summed E-state index contributed by atoms with van der Waals surface area (Å²) in [6, 6.07) is 9.99. The number of hydrogen-bond acceptors (Lipinski definition) is 4. The minimum absolute atomic E-state index is 0.00304. The average molecular weight is 415 g/mol. The lowest BCUT2D eigenvalue weighted by molar-refractivity contribution is 0.0336. The van der Waals surface area contributed by atoms with Crippen LogP contribution in [0.15, 0.2) is 36.4 Å². The van der Waals surface area contributed by atoms with E-state index in [2.05, 4.69) is 4.90 Å². The molecule has 1 aliphatic carbocycles. The number of rotatable bonds is 6. The van der Waals surface area contributed by atoms with Crippen LogP contribution < -0.4 is 9.47 Å². The second kappa shape index (κ2) is 8.34. The summed E-state index contributed by atoms with van der Waals surface area (Å²) in [6.07, 6.45) is 1.59. The minimum atomic E-state index is -1.34. The van der Waals surface area contributed by atoms with Gasteiger partial charge in [0.2, 0.25) is 0 Å². The van der Waals surface area contributed by atoms with Crippen LogP contribution in [0.5, 0.6) is 11.5 Å². The molecule has 0 radical (unpaired) electrons. The maximum absolute atomic E-state index is 15.6. The Hall–Kier alpha value is -2.47. The van der Waals surface area contributed by atoms with E-state index in [9.17, 15) is 9.18 Å². The molecule has 30 heavy (non-hydrogen) atoms. The molecular formula is C24H27F2NO3. The molecule has 0 N–H and O–H groups in total. The van der Waals surface area contributed by atoms with Gasteiger partial charge in [-0.05, 0) is 61.1 Å². The van der Waals surface area contributed by atoms with Crippen molar-refractivity contribution in [2.75, 3.05) is 27.3 Å². The topological polar surface area (TPSA) is 38.8 Å². The number of Topliss-reactive ketones (excluding diaryl/α,β-unsaturated/α-hetero) is 1. The summed E-state index contributed by atoms with van der Waals surface area (Å²) in [6.45, 7) is 1.94. The maximum Gasteiger partial charge on any atom is 0.166 e. The molecule has 0 aromatic heterocycles. The van der Waals surface area contributed by atoms with Gasteiger partial charge in [-0.25, -0.2) is 8.78 Å². The Bertz CT molecular complexity index is 921. The van der Waals surface area contributed by atoms with E-state index in [1.165, 1.54) is 19.2 Å². The van der Waals surface area contributed by atoms with Crippen molar-refractivity contribution >= 4 is 5.78 Å². The molecule has 2 aromatic rings. The molecule has 1 fully saturated rings. The maximum atomic E-state index is 15.6. The van der Waals surface area contributed by atoms with Crippen molar-refractivity contribution < 1.29 is 23.0 Å². The molecule has 2 aromatic carbocycles. The van der Waals surface area contributed by atoms with Crippen molar-refractivity contribution in [2.24, 2.45) is 5.92 Å². The Kier molecular flexibility index (Phi) is 5.78. The van der Waals surface area contributed by atoms with Gasteiger partial charge in [-0.1, -0.05) is 12.1 Å². The van der Waals surface area contributed by atoms with E-state index < -0.39 is 5.67 Å². The Balaban J connectivity index is 1.37. The summed E-state index contributed by atoms with van der Waals surface area (Å²) >= 11 is 0. The first-order chi connectivity index (χ1) is 14.4. The Morgan fingerprint density at radius 1 is 1.07 bits per heavy atom. The standard InChI is InChI=1S/C24H27F2NO3/c1-29-21-12-17-11-18(23(28)20(17)13-22(21)30-2)14-24(26)7-9-27(10-8-24)15-16-3-5-19(25)6-4-16/h3-6,12-13,18H,7-11,14-15H2,1-2H3. The Morgan fingerprint density at radius 2 is 1.70 bits per heavy atom. The lowest BCUT2D eigenvalue weighted by atomic mass is 9.82. The normalized spacial score (nSPS) is 20.8. The van der Waals surface area contributed by atoms with Crippen LogP contribution in [-0.2, 0) is 13.0 Å². The van der Waals surface area contributed by atoms with Gasteiger partial charge < -0.3 is 9.47 Å². The molecule has 1 aliphatic heterocycles. The zero-order chi connectivity index (χ0) is 21.3. The number of benzene rings is 2. The van der Waals surface area contributed by atoms with E-state index in [-0.39, 0.29) is 23.9 Å². The lowest BCUT2D eigenvalue weighted by Gasteiger charge is -2.37. The van der Waals surface area contributed by atoms with Gasteiger partial charge in [-0.15, -0.1) is 0 Å². The second-order valence-corrected chi connectivity index (χ2v) is 8.39. The number of piperidine rings is 1. The molecule has 4 nitrogen and oxygen atoms in total. The van der Waals surface area contributed by atoms with Gasteiger partial charge in [-0.2, -0.15) is 0 Å². The average Bonchev–Trinajstić information content (AvgIpc) is 3.04. The lowest BCUT2D eigenvalue weighted by Crippen LogP contribution is -2.42. The Labute approximate surface area is 175 Å². The summed E-state index contributed by atoms with van der Waals surface area (Å²) in [5, 5.41) is 0. The van der Waals surface area contributed by atoms with E-state index in [0.29, 0.717) is 56.0 Å². The highest BCUT2D eigenvalue weighted by molar-refractivity contribution is 6.03. The largest absolute Gasteiger partial charge is 0.493 e. The van der Waals surface area contributed by atoms with Gasteiger partial charge in [0.05, 0.1) is 14.2 Å². The fourth-order valence-corrected chi connectivity index (χ4v) is 4.67. The number of ether oxygens (including phenoxy) is 2. The number of likely N-dealkylation sites (tertiary alicyclic amines) is 1. The first-order valence-corrected chi connectivity index (χ1v) is 10.4. The number of ketones is 1. The van der Waals surface area contributed by atoms with E-state index in [1.807, 2.05) is 6.07 Å². The third-order valence-corrected chi connectivity index (χ3v) is 6.40. The molecule has 0 saturated carbocycles. The SMILES string of the molecule is COc1cc2c(cc1OC)C(=O)C(CC1(F)CCN(Cc3ccc(F)cc3)CC1)C2. The molecule has 4 rings (SSSR count). The fraction of sp³-hybridized carbons (Fsp3) is 0.458. The highest BCUT2D eigenvalue weighted by atomic mass is 19.1.